The fourth-order valence-electron chi connectivity index (χ4n) is 4.83. The highest BCUT2D eigenvalue weighted by Crippen LogP contribution is 2.45. The van der Waals surface area contributed by atoms with E-state index in [9.17, 15) is 19.5 Å². The van der Waals surface area contributed by atoms with Crippen molar-refractivity contribution >= 4 is 29.1 Å². The van der Waals surface area contributed by atoms with Crippen molar-refractivity contribution in [3.05, 3.63) is 33.5 Å². The van der Waals surface area contributed by atoms with Crippen LogP contribution < -0.4 is 10.9 Å². The normalized spacial score (nSPS) is 31.2. The number of fused-ring (bicyclic) bond motifs is 3. The molecule has 0 aromatic carbocycles. The lowest BCUT2D eigenvalue weighted by Gasteiger charge is -2.41. The fraction of sp³-hybridized carbons (Fsp3) is 0.550. The zero-order valence-corrected chi connectivity index (χ0v) is 16.1. The van der Waals surface area contributed by atoms with Crippen LogP contribution in [-0.2, 0) is 22.4 Å². The highest BCUT2D eigenvalue weighted by atomic mass is 32.1. The molecule has 0 unspecified atom stereocenters. The van der Waals surface area contributed by atoms with E-state index in [-0.39, 0.29) is 17.7 Å². The van der Waals surface area contributed by atoms with Crippen LogP contribution in [0.15, 0.2) is 17.5 Å². The number of hydrogen-bond acceptors (Lipinski definition) is 4. The average molecular weight is 388 g/mol. The summed E-state index contributed by atoms with van der Waals surface area (Å²) in [5.41, 5.74) is 6.73. The lowest BCUT2D eigenvalue weighted by atomic mass is 9.62. The summed E-state index contributed by atoms with van der Waals surface area (Å²) in [5, 5.41) is 11.4. The summed E-state index contributed by atoms with van der Waals surface area (Å²) in [6.07, 6.45) is 8.44. The zero-order chi connectivity index (χ0) is 19.1. The number of carbonyl (C=O) groups is 3. The number of hydrogen-bond donors (Lipinski definition) is 3. The van der Waals surface area contributed by atoms with Gasteiger partial charge in [-0.25, -0.2) is 0 Å². The highest BCUT2D eigenvalue weighted by molar-refractivity contribution is 7.10. The average Bonchev–Trinajstić information content (AvgIpc) is 3.08. The molecular formula is C20H24N2O4S. The molecule has 1 heterocycles. The summed E-state index contributed by atoms with van der Waals surface area (Å²) in [7, 11) is 0. The fourth-order valence-corrected chi connectivity index (χ4v) is 6.07. The Morgan fingerprint density at radius 3 is 2.44 bits per heavy atom. The number of carboxylic acid groups (broad SMARTS) is 1. The van der Waals surface area contributed by atoms with Gasteiger partial charge in [0, 0.05) is 10.3 Å². The predicted molar refractivity (Wildman–Crippen MR) is 101 cm³/mol. The standard InChI is InChI=1S/C20H24N2O4S/c1-10-2-7-13-14(9-27-15(13)8-10)18(23)21-22-19(24)16-11-3-5-12(6-4-11)17(16)20(25)26/h3,5,9-12,16-17H,2,4,6-8H2,1H3,(H,21,23)(H,22,24)(H,25,26)/t10-,11+,12+,16-,17+/m1/s1. The molecule has 0 saturated heterocycles. The molecule has 0 aliphatic heterocycles. The van der Waals surface area contributed by atoms with Gasteiger partial charge < -0.3 is 5.11 Å². The van der Waals surface area contributed by atoms with Gasteiger partial charge in [-0.2, -0.15) is 0 Å². The number of thiophene rings is 1. The summed E-state index contributed by atoms with van der Waals surface area (Å²) in [6, 6.07) is 0. The summed E-state index contributed by atoms with van der Waals surface area (Å²) >= 11 is 1.60. The van der Waals surface area contributed by atoms with Crippen LogP contribution >= 0.6 is 11.3 Å². The molecule has 1 fully saturated rings. The molecule has 0 radical (unpaired) electrons. The van der Waals surface area contributed by atoms with Crippen molar-refractivity contribution in [2.24, 2.45) is 29.6 Å². The Kier molecular flexibility index (Phi) is 4.80. The highest BCUT2D eigenvalue weighted by Gasteiger charge is 2.48. The van der Waals surface area contributed by atoms with Crippen LogP contribution in [0.3, 0.4) is 0 Å². The lowest BCUT2D eigenvalue weighted by molar-refractivity contribution is -0.153. The third-order valence-electron chi connectivity index (χ3n) is 6.28. The number of carboxylic acids is 1. The minimum Gasteiger partial charge on any atom is -0.481 e. The largest absolute Gasteiger partial charge is 0.481 e. The van der Waals surface area contributed by atoms with Crippen LogP contribution in [0.4, 0.5) is 0 Å². The smallest absolute Gasteiger partial charge is 0.307 e. The second-order valence-electron chi connectivity index (χ2n) is 8.02. The third-order valence-corrected chi connectivity index (χ3v) is 7.33. The Morgan fingerprint density at radius 1 is 1.07 bits per heavy atom. The van der Waals surface area contributed by atoms with E-state index in [1.165, 1.54) is 4.88 Å². The van der Waals surface area contributed by atoms with Gasteiger partial charge >= 0.3 is 5.97 Å². The van der Waals surface area contributed by atoms with Gasteiger partial charge in [0.2, 0.25) is 5.91 Å². The van der Waals surface area contributed by atoms with E-state index in [1.54, 1.807) is 11.3 Å². The predicted octanol–water partition coefficient (Wildman–Crippen LogP) is 2.55. The lowest BCUT2D eigenvalue weighted by Crippen LogP contribution is -2.53. The third kappa shape index (κ3) is 3.29. The maximum atomic E-state index is 12.7. The van der Waals surface area contributed by atoms with Crippen LogP contribution in [0, 0.1) is 29.6 Å². The molecule has 6 nitrogen and oxygen atoms in total. The van der Waals surface area contributed by atoms with Crippen LogP contribution in [-0.4, -0.2) is 22.9 Å². The van der Waals surface area contributed by atoms with Crippen LogP contribution in [0.25, 0.3) is 0 Å². The summed E-state index contributed by atoms with van der Waals surface area (Å²) < 4.78 is 0. The number of amides is 2. The van der Waals surface area contributed by atoms with Crippen molar-refractivity contribution in [2.75, 3.05) is 0 Å². The first-order valence-corrected chi connectivity index (χ1v) is 10.4. The number of allylic oxidation sites excluding steroid dienone is 2. The molecule has 5 atom stereocenters. The van der Waals surface area contributed by atoms with E-state index >= 15 is 0 Å². The summed E-state index contributed by atoms with van der Waals surface area (Å²) in [6.45, 7) is 2.22. The molecule has 5 rings (SSSR count). The number of carbonyl (C=O) groups excluding carboxylic acids is 2. The first kappa shape index (κ1) is 18.2. The van der Waals surface area contributed by atoms with E-state index in [0.29, 0.717) is 11.5 Å². The number of nitrogens with one attached hydrogen (secondary N) is 2. The Hall–Kier alpha value is -2.15. The molecule has 2 amide bonds. The first-order valence-electron chi connectivity index (χ1n) is 9.56. The van der Waals surface area contributed by atoms with E-state index in [4.69, 9.17) is 0 Å². The molecule has 144 valence electrons. The topological polar surface area (TPSA) is 95.5 Å². The summed E-state index contributed by atoms with van der Waals surface area (Å²) in [5.74, 6) is -2.58. The quantitative estimate of drug-likeness (QED) is 0.548. The second kappa shape index (κ2) is 7.11. The monoisotopic (exact) mass is 388 g/mol. The molecule has 0 spiro atoms. The van der Waals surface area contributed by atoms with Crippen molar-refractivity contribution in [2.45, 2.75) is 39.0 Å². The van der Waals surface area contributed by atoms with Gasteiger partial charge in [0.15, 0.2) is 0 Å². The second-order valence-corrected chi connectivity index (χ2v) is 8.99. The Labute approximate surface area is 162 Å². The molecule has 1 aromatic heterocycles. The molecular weight excluding hydrogens is 364 g/mol. The molecule has 2 bridgehead atoms. The van der Waals surface area contributed by atoms with E-state index in [0.717, 1.165) is 37.7 Å². The molecule has 4 aliphatic rings. The maximum Gasteiger partial charge on any atom is 0.307 e. The van der Waals surface area contributed by atoms with E-state index < -0.39 is 23.7 Å². The van der Waals surface area contributed by atoms with Crippen LogP contribution in [0.1, 0.15) is 47.0 Å². The molecule has 7 heteroatoms. The van der Waals surface area contributed by atoms with Crippen LogP contribution in [0.2, 0.25) is 0 Å². The molecule has 27 heavy (non-hydrogen) atoms. The minimum absolute atomic E-state index is 0.0802. The van der Waals surface area contributed by atoms with Gasteiger partial charge in [-0.3, -0.25) is 25.2 Å². The van der Waals surface area contributed by atoms with Crippen molar-refractivity contribution in [1.29, 1.82) is 0 Å². The molecule has 4 aliphatic carbocycles. The molecule has 3 N–H and O–H groups in total. The number of aliphatic carboxylic acids is 1. The molecule has 1 saturated carbocycles. The van der Waals surface area contributed by atoms with Crippen molar-refractivity contribution < 1.29 is 19.5 Å². The molecule has 1 aromatic rings. The summed E-state index contributed by atoms with van der Waals surface area (Å²) in [4.78, 5) is 38.2. The number of hydrazine groups is 1. The SMILES string of the molecule is C[C@@H]1CCc2c(C(=O)NNC(=O)[C@H]3[C@@H](C(=O)O)[C@H]4C=C[C@H]3CC4)csc2C1. The van der Waals surface area contributed by atoms with E-state index in [2.05, 4.69) is 17.8 Å². The van der Waals surface area contributed by atoms with Crippen molar-refractivity contribution in [1.82, 2.24) is 10.9 Å². The first-order chi connectivity index (χ1) is 13.0. The van der Waals surface area contributed by atoms with Crippen molar-refractivity contribution in [3.8, 4) is 0 Å². The van der Waals surface area contributed by atoms with Crippen molar-refractivity contribution in [3.63, 3.8) is 0 Å². The van der Waals surface area contributed by atoms with Gasteiger partial charge in [-0.1, -0.05) is 19.1 Å². The van der Waals surface area contributed by atoms with Gasteiger partial charge in [0.25, 0.3) is 5.91 Å². The Balaban J connectivity index is 1.43. The van der Waals surface area contributed by atoms with Gasteiger partial charge in [0.05, 0.1) is 17.4 Å². The van der Waals surface area contributed by atoms with Gasteiger partial charge in [0.1, 0.15) is 0 Å². The minimum atomic E-state index is -0.943. The Morgan fingerprint density at radius 2 is 1.78 bits per heavy atom. The van der Waals surface area contributed by atoms with E-state index in [1.807, 2.05) is 17.5 Å². The van der Waals surface area contributed by atoms with Crippen LogP contribution in [0.5, 0.6) is 0 Å². The maximum absolute atomic E-state index is 12.7. The van der Waals surface area contributed by atoms with Gasteiger partial charge in [-0.15, -0.1) is 11.3 Å². The van der Waals surface area contributed by atoms with Gasteiger partial charge in [-0.05, 0) is 55.4 Å². The Bertz CT molecular complexity index is 815. The zero-order valence-electron chi connectivity index (χ0n) is 15.2. The number of rotatable bonds is 3.